The van der Waals surface area contributed by atoms with Gasteiger partial charge in [-0.05, 0) is 12.8 Å². The van der Waals surface area contributed by atoms with Gasteiger partial charge in [0, 0.05) is 7.11 Å². The van der Waals surface area contributed by atoms with Crippen LogP contribution in [-0.2, 0) is 18.9 Å². The van der Waals surface area contributed by atoms with Crippen LogP contribution in [0.15, 0.2) is 0 Å². The highest BCUT2D eigenvalue weighted by atomic mass is 16.9. The lowest BCUT2D eigenvalue weighted by atomic mass is 10.3. The Balaban J connectivity index is 2.13. The first-order chi connectivity index (χ1) is 6.80. The third kappa shape index (κ3) is 3.53. The van der Waals surface area contributed by atoms with E-state index in [1.54, 1.807) is 7.11 Å². The van der Waals surface area contributed by atoms with Crippen molar-refractivity contribution in [3.63, 3.8) is 0 Å². The quantitative estimate of drug-likeness (QED) is 0.657. The van der Waals surface area contributed by atoms with Gasteiger partial charge in [-0.3, -0.25) is 0 Å². The van der Waals surface area contributed by atoms with Crippen LogP contribution in [0.1, 0.15) is 26.7 Å². The van der Waals surface area contributed by atoms with Gasteiger partial charge in [0.25, 0.3) is 6.48 Å². The van der Waals surface area contributed by atoms with Crippen molar-refractivity contribution < 1.29 is 18.9 Å². The molecule has 1 aliphatic heterocycles. The van der Waals surface area contributed by atoms with Gasteiger partial charge >= 0.3 is 0 Å². The van der Waals surface area contributed by atoms with Crippen LogP contribution in [0.5, 0.6) is 0 Å². The van der Waals surface area contributed by atoms with Crippen LogP contribution >= 0.6 is 0 Å². The molecule has 0 saturated carbocycles. The Kier molecular flexibility index (Phi) is 5.40. The lowest BCUT2D eigenvalue weighted by Gasteiger charge is -2.16. The van der Waals surface area contributed by atoms with Gasteiger partial charge in [-0.1, -0.05) is 13.8 Å². The minimum Gasteiger partial charge on any atom is -0.379 e. The summed E-state index contributed by atoms with van der Waals surface area (Å²) in [7, 11) is 1.68. The summed E-state index contributed by atoms with van der Waals surface area (Å²) in [4.78, 5) is 0. The molecule has 84 valence electrons. The van der Waals surface area contributed by atoms with E-state index in [-0.39, 0.29) is 12.2 Å². The van der Waals surface area contributed by atoms with Crippen LogP contribution in [0.3, 0.4) is 0 Å². The van der Waals surface area contributed by atoms with E-state index in [0.29, 0.717) is 13.2 Å². The van der Waals surface area contributed by atoms with Crippen molar-refractivity contribution in [2.45, 2.75) is 45.4 Å². The molecule has 1 rings (SSSR count). The van der Waals surface area contributed by atoms with E-state index in [1.165, 1.54) is 0 Å². The molecule has 0 amide bonds. The Morgan fingerprint density at radius 1 is 1.43 bits per heavy atom. The summed E-state index contributed by atoms with van der Waals surface area (Å²) in [6.45, 7) is 4.78. The van der Waals surface area contributed by atoms with Gasteiger partial charge in [0.05, 0.1) is 25.4 Å². The van der Waals surface area contributed by atoms with Crippen molar-refractivity contribution in [1.82, 2.24) is 0 Å². The zero-order chi connectivity index (χ0) is 10.4. The van der Waals surface area contributed by atoms with Gasteiger partial charge in [-0.25, -0.2) is 0 Å². The Labute approximate surface area is 85.5 Å². The largest absolute Gasteiger partial charge is 0.379 e. The van der Waals surface area contributed by atoms with Crippen LogP contribution in [0.25, 0.3) is 0 Å². The Morgan fingerprint density at radius 3 is 2.71 bits per heavy atom. The van der Waals surface area contributed by atoms with E-state index in [2.05, 4.69) is 13.8 Å². The average Bonchev–Trinajstić information content (AvgIpc) is 2.67. The second kappa shape index (κ2) is 6.35. The molecule has 0 aromatic heterocycles. The molecule has 0 N–H and O–H groups in total. The van der Waals surface area contributed by atoms with Crippen molar-refractivity contribution in [3.8, 4) is 0 Å². The maximum atomic E-state index is 5.45. The summed E-state index contributed by atoms with van der Waals surface area (Å²) in [5, 5.41) is 0. The maximum Gasteiger partial charge on any atom is 0.272 e. The van der Waals surface area contributed by atoms with Crippen LogP contribution in [0.4, 0.5) is 0 Å². The second-order valence-corrected chi connectivity index (χ2v) is 3.39. The highest BCUT2D eigenvalue weighted by Crippen LogP contribution is 2.15. The van der Waals surface area contributed by atoms with Gasteiger partial charge < -0.3 is 18.9 Å². The molecule has 4 heteroatoms. The summed E-state index contributed by atoms with van der Waals surface area (Å²) in [6, 6.07) is 0. The first-order valence-corrected chi connectivity index (χ1v) is 5.21. The normalized spacial score (nSPS) is 29.4. The second-order valence-electron chi connectivity index (χ2n) is 3.39. The number of hydrogen-bond acceptors (Lipinski definition) is 4. The molecular formula is C10H20O4. The minimum absolute atomic E-state index is 0.128. The highest BCUT2D eigenvalue weighted by molar-refractivity contribution is 4.59. The fourth-order valence-electron chi connectivity index (χ4n) is 1.26. The molecule has 0 spiro atoms. The smallest absolute Gasteiger partial charge is 0.272 e. The standard InChI is InChI=1S/C10H20O4/c1-4-8(11-3)6-12-10-13-7-9(5-2)14-10/h8-10H,4-7H2,1-3H3. The molecule has 1 saturated heterocycles. The zero-order valence-electron chi connectivity index (χ0n) is 9.19. The molecule has 1 aliphatic rings. The van der Waals surface area contributed by atoms with Gasteiger partial charge in [-0.15, -0.1) is 0 Å². The molecule has 0 aliphatic carbocycles. The molecule has 0 radical (unpaired) electrons. The van der Waals surface area contributed by atoms with E-state index >= 15 is 0 Å². The molecule has 0 aromatic carbocycles. The van der Waals surface area contributed by atoms with E-state index in [4.69, 9.17) is 18.9 Å². The van der Waals surface area contributed by atoms with E-state index in [1.807, 2.05) is 0 Å². The molecule has 1 heterocycles. The Hall–Kier alpha value is -0.160. The van der Waals surface area contributed by atoms with Gasteiger partial charge in [-0.2, -0.15) is 0 Å². The third-order valence-corrected chi connectivity index (χ3v) is 2.38. The first-order valence-electron chi connectivity index (χ1n) is 5.21. The van der Waals surface area contributed by atoms with E-state index in [9.17, 15) is 0 Å². The zero-order valence-corrected chi connectivity index (χ0v) is 9.19. The predicted octanol–water partition coefficient (Wildman–Crippen LogP) is 1.54. The molecule has 1 fully saturated rings. The topological polar surface area (TPSA) is 36.9 Å². The van der Waals surface area contributed by atoms with Gasteiger partial charge in [0.1, 0.15) is 0 Å². The molecule has 14 heavy (non-hydrogen) atoms. The molecule has 0 bridgehead atoms. The Morgan fingerprint density at radius 2 is 2.21 bits per heavy atom. The van der Waals surface area contributed by atoms with Gasteiger partial charge in [0.2, 0.25) is 0 Å². The lowest BCUT2D eigenvalue weighted by Crippen LogP contribution is -2.23. The van der Waals surface area contributed by atoms with Crippen molar-refractivity contribution in [1.29, 1.82) is 0 Å². The van der Waals surface area contributed by atoms with Crippen LogP contribution in [0.2, 0.25) is 0 Å². The first kappa shape index (κ1) is 11.9. The molecule has 3 unspecified atom stereocenters. The van der Waals surface area contributed by atoms with Crippen molar-refractivity contribution >= 4 is 0 Å². The SMILES string of the molecule is CCC(COC1OCC(CC)O1)OC. The monoisotopic (exact) mass is 204 g/mol. The minimum atomic E-state index is -0.496. The van der Waals surface area contributed by atoms with Crippen molar-refractivity contribution in [3.05, 3.63) is 0 Å². The van der Waals surface area contributed by atoms with Gasteiger partial charge in [0.15, 0.2) is 0 Å². The summed E-state index contributed by atoms with van der Waals surface area (Å²) in [6.07, 6.45) is 2.20. The van der Waals surface area contributed by atoms with Crippen molar-refractivity contribution in [2.75, 3.05) is 20.3 Å². The lowest BCUT2D eigenvalue weighted by molar-refractivity contribution is -0.247. The van der Waals surface area contributed by atoms with Crippen molar-refractivity contribution in [2.24, 2.45) is 0 Å². The molecule has 0 aromatic rings. The predicted molar refractivity (Wildman–Crippen MR) is 51.9 cm³/mol. The summed E-state index contributed by atoms with van der Waals surface area (Å²) in [5.41, 5.74) is 0. The third-order valence-electron chi connectivity index (χ3n) is 2.38. The van der Waals surface area contributed by atoms with Crippen LogP contribution in [0, 0.1) is 0 Å². The number of ether oxygens (including phenoxy) is 4. The van der Waals surface area contributed by atoms with E-state index in [0.717, 1.165) is 12.8 Å². The maximum absolute atomic E-state index is 5.45. The summed E-state index contributed by atoms with van der Waals surface area (Å²) < 4.78 is 21.3. The number of methoxy groups -OCH3 is 1. The number of hydrogen-bond donors (Lipinski definition) is 0. The molecule has 4 nitrogen and oxygen atoms in total. The summed E-state index contributed by atoms with van der Waals surface area (Å²) >= 11 is 0. The molecule has 3 atom stereocenters. The Bertz CT molecular complexity index is 147. The highest BCUT2D eigenvalue weighted by Gasteiger charge is 2.25. The fourth-order valence-corrected chi connectivity index (χ4v) is 1.26. The summed E-state index contributed by atoms with van der Waals surface area (Å²) in [5.74, 6) is 0. The fraction of sp³-hybridized carbons (Fsp3) is 1.00. The van der Waals surface area contributed by atoms with Crippen LogP contribution in [-0.4, -0.2) is 39.0 Å². The number of rotatable bonds is 6. The average molecular weight is 204 g/mol. The molecular weight excluding hydrogens is 184 g/mol. The van der Waals surface area contributed by atoms with Crippen LogP contribution < -0.4 is 0 Å². The van der Waals surface area contributed by atoms with E-state index < -0.39 is 6.48 Å².